The molecular weight excluding hydrogens is 282 g/mol. The Balaban J connectivity index is 1.85. The van der Waals surface area contributed by atoms with Gasteiger partial charge in [-0.2, -0.15) is 0 Å². The normalized spacial score (nSPS) is 19.4. The van der Waals surface area contributed by atoms with Crippen molar-refractivity contribution in [2.24, 2.45) is 0 Å². The van der Waals surface area contributed by atoms with Gasteiger partial charge in [-0.1, -0.05) is 30.9 Å². The highest BCUT2D eigenvalue weighted by molar-refractivity contribution is 8.00. The first-order valence-electron chi connectivity index (χ1n) is 6.51. The molecule has 1 aromatic rings. The van der Waals surface area contributed by atoms with Crippen molar-refractivity contribution in [1.29, 1.82) is 0 Å². The van der Waals surface area contributed by atoms with Crippen LogP contribution >= 0.6 is 23.4 Å². The lowest BCUT2D eigenvalue weighted by molar-refractivity contribution is -0.112. The van der Waals surface area contributed by atoms with Gasteiger partial charge in [-0.15, -0.1) is 11.8 Å². The van der Waals surface area contributed by atoms with Crippen LogP contribution in [0.25, 0.3) is 0 Å². The van der Waals surface area contributed by atoms with Crippen molar-refractivity contribution >= 4 is 40.7 Å². The number of hydrogen-bond acceptors (Lipinski definition) is 3. The molecule has 1 N–H and O–H groups in total. The molecular formula is C14H14ClNO2S. The smallest absolute Gasteiger partial charge is 0.296 e. The number of ketones is 1. The fourth-order valence-corrected chi connectivity index (χ4v) is 4.18. The second-order valence-corrected chi connectivity index (χ2v) is 6.74. The topological polar surface area (TPSA) is 46.2 Å². The number of halogens is 1. The van der Waals surface area contributed by atoms with E-state index in [4.69, 9.17) is 11.6 Å². The third-order valence-corrected chi connectivity index (χ3v) is 5.44. The molecule has 1 heterocycles. The van der Waals surface area contributed by atoms with Crippen LogP contribution in [0, 0.1) is 0 Å². The average molecular weight is 296 g/mol. The van der Waals surface area contributed by atoms with Crippen molar-refractivity contribution in [3.8, 4) is 0 Å². The van der Waals surface area contributed by atoms with Crippen LogP contribution in [-0.4, -0.2) is 16.9 Å². The van der Waals surface area contributed by atoms with Gasteiger partial charge in [0.25, 0.3) is 11.7 Å². The number of benzene rings is 1. The van der Waals surface area contributed by atoms with Crippen molar-refractivity contribution in [2.45, 2.75) is 42.2 Å². The zero-order valence-corrected chi connectivity index (χ0v) is 11.9. The van der Waals surface area contributed by atoms with Crippen LogP contribution in [0.2, 0.25) is 5.02 Å². The van der Waals surface area contributed by atoms with Crippen molar-refractivity contribution in [2.75, 3.05) is 5.32 Å². The summed E-state index contributed by atoms with van der Waals surface area (Å²) in [6.45, 7) is 0. The summed E-state index contributed by atoms with van der Waals surface area (Å²) in [6.07, 6.45) is 6.29. The van der Waals surface area contributed by atoms with Gasteiger partial charge < -0.3 is 5.32 Å². The van der Waals surface area contributed by atoms with Crippen LogP contribution < -0.4 is 5.32 Å². The van der Waals surface area contributed by atoms with Crippen molar-refractivity contribution in [1.82, 2.24) is 0 Å². The van der Waals surface area contributed by atoms with Crippen molar-refractivity contribution in [3.05, 3.63) is 22.7 Å². The number of anilines is 1. The van der Waals surface area contributed by atoms with E-state index in [1.54, 1.807) is 17.8 Å². The molecule has 0 bridgehead atoms. The molecule has 0 aromatic heterocycles. The largest absolute Gasteiger partial charge is 0.318 e. The van der Waals surface area contributed by atoms with Crippen molar-refractivity contribution in [3.63, 3.8) is 0 Å². The van der Waals surface area contributed by atoms with Gasteiger partial charge in [-0.3, -0.25) is 9.59 Å². The summed E-state index contributed by atoms with van der Waals surface area (Å²) in [5.41, 5.74) is 0.987. The standard InChI is InChI=1S/C14H14ClNO2S/c15-10-6-9-11(16-14(18)13(9)17)7-12(10)19-8-4-2-1-3-5-8/h6-8H,1-5H2,(H,16,17,18). The lowest BCUT2D eigenvalue weighted by Crippen LogP contribution is -2.12. The number of thioether (sulfide) groups is 1. The number of carbonyl (C=O) groups excluding carboxylic acids is 2. The van der Waals surface area contributed by atoms with Gasteiger partial charge in [-0.25, -0.2) is 0 Å². The Morgan fingerprint density at radius 1 is 1.16 bits per heavy atom. The molecule has 0 saturated heterocycles. The Kier molecular flexibility index (Phi) is 3.54. The molecule has 5 heteroatoms. The number of rotatable bonds is 2. The van der Waals surface area contributed by atoms with Gasteiger partial charge in [0.1, 0.15) is 0 Å². The van der Waals surface area contributed by atoms with E-state index >= 15 is 0 Å². The van der Waals surface area contributed by atoms with Gasteiger partial charge >= 0.3 is 0 Å². The van der Waals surface area contributed by atoms with E-state index in [2.05, 4.69) is 5.32 Å². The summed E-state index contributed by atoms with van der Waals surface area (Å²) >= 11 is 7.99. The predicted octanol–water partition coefficient (Wildman–Crippen LogP) is 3.90. The molecule has 0 unspecified atom stereocenters. The molecule has 1 aromatic carbocycles. The number of amides is 1. The van der Waals surface area contributed by atoms with E-state index in [0.717, 1.165) is 4.90 Å². The molecule has 3 nitrogen and oxygen atoms in total. The molecule has 2 aliphatic rings. The van der Waals surface area contributed by atoms with Gasteiger partial charge in [0.05, 0.1) is 16.3 Å². The highest BCUT2D eigenvalue weighted by Crippen LogP contribution is 2.40. The minimum absolute atomic E-state index is 0.392. The van der Waals surface area contributed by atoms with Crippen LogP contribution in [0.1, 0.15) is 42.5 Å². The lowest BCUT2D eigenvalue weighted by atomic mass is 10.0. The fraction of sp³-hybridized carbons (Fsp3) is 0.429. The van der Waals surface area contributed by atoms with Crippen molar-refractivity contribution < 1.29 is 9.59 Å². The fourth-order valence-electron chi connectivity index (χ4n) is 2.60. The van der Waals surface area contributed by atoms with E-state index in [1.807, 2.05) is 6.07 Å². The first-order chi connectivity index (χ1) is 9.15. The van der Waals surface area contributed by atoms with E-state index in [-0.39, 0.29) is 0 Å². The molecule has 3 rings (SSSR count). The minimum Gasteiger partial charge on any atom is -0.318 e. The Morgan fingerprint density at radius 3 is 2.63 bits per heavy atom. The highest BCUT2D eigenvalue weighted by Gasteiger charge is 2.29. The molecule has 0 atom stereocenters. The van der Waals surface area contributed by atoms with Gasteiger partial charge in [0, 0.05) is 10.1 Å². The minimum atomic E-state index is -0.564. The SMILES string of the molecule is O=C1Nc2cc(SC3CCCCC3)c(Cl)cc2C1=O. The van der Waals surface area contributed by atoms with E-state index < -0.39 is 11.7 Å². The number of carbonyl (C=O) groups is 2. The summed E-state index contributed by atoms with van der Waals surface area (Å²) in [5, 5.41) is 3.75. The molecule has 1 aliphatic heterocycles. The summed E-state index contributed by atoms with van der Waals surface area (Å²) < 4.78 is 0. The van der Waals surface area contributed by atoms with Crippen LogP contribution in [0.4, 0.5) is 5.69 Å². The summed E-state index contributed by atoms with van der Waals surface area (Å²) in [6, 6.07) is 3.45. The van der Waals surface area contributed by atoms with Crippen LogP contribution in [0.5, 0.6) is 0 Å². The molecule has 0 radical (unpaired) electrons. The monoisotopic (exact) mass is 295 g/mol. The molecule has 19 heavy (non-hydrogen) atoms. The average Bonchev–Trinajstić information content (AvgIpc) is 2.67. The maximum atomic E-state index is 11.6. The number of Topliss-reactive ketones (excluding diaryl/α,β-unsaturated/α-hetero) is 1. The maximum absolute atomic E-state index is 11.6. The molecule has 1 saturated carbocycles. The quantitative estimate of drug-likeness (QED) is 0.842. The number of nitrogens with one attached hydrogen (secondary N) is 1. The molecule has 1 fully saturated rings. The zero-order chi connectivity index (χ0) is 13.4. The van der Waals surface area contributed by atoms with E-state index in [9.17, 15) is 9.59 Å². The molecule has 100 valence electrons. The molecule has 1 aliphatic carbocycles. The Bertz CT molecular complexity index is 553. The zero-order valence-electron chi connectivity index (χ0n) is 10.4. The van der Waals surface area contributed by atoms with Gasteiger partial charge in [0.15, 0.2) is 0 Å². The number of fused-ring (bicyclic) bond motifs is 1. The van der Waals surface area contributed by atoms with Crippen LogP contribution in [0.3, 0.4) is 0 Å². The second-order valence-electron chi connectivity index (χ2n) is 4.99. The lowest BCUT2D eigenvalue weighted by Gasteiger charge is -2.21. The third-order valence-electron chi connectivity index (χ3n) is 3.62. The Labute approximate surface area is 121 Å². The molecule has 0 spiro atoms. The molecule has 1 amide bonds. The second kappa shape index (κ2) is 5.17. The van der Waals surface area contributed by atoms with Gasteiger partial charge in [-0.05, 0) is 25.0 Å². The Hall–Kier alpha value is -1.00. The summed E-state index contributed by atoms with van der Waals surface area (Å²) in [4.78, 5) is 23.9. The summed E-state index contributed by atoms with van der Waals surface area (Å²) in [7, 11) is 0. The third kappa shape index (κ3) is 2.51. The first kappa shape index (κ1) is 13.0. The first-order valence-corrected chi connectivity index (χ1v) is 7.77. The Morgan fingerprint density at radius 2 is 1.89 bits per heavy atom. The van der Waals surface area contributed by atoms with E-state index in [0.29, 0.717) is 21.5 Å². The predicted molar refractivity (Wildman–Crippen MR) is 77.1 cm³/mol. The summed E-state index contributed by atoms with van der Waals surface area (Å²) in [5.74, 6) is -1.06. The van der Waals surface area contributed by atoms with Gasteiger partial charge in [0.2, 0.25) is 0 Å². The highest BCUT2D eigenvalue weighted by atomic mass is 35.5. The number of hydrogen-bond donors (Lipinski definition) is 1. The van der Waals surface area contributed by atoms with Crippen LogP contribution in [0.15, 0.2) is 17.0 Å². The van der Waals surface area contributed by atoms with E-state index in [1.165, 1.54) is 32.1 Å². The maximum Gasteiger partial charge on any atom is 0.296 e. The van der Waals surface area contributed by atoms with Crippen LogP contribution in [-0.2, 0) is 4.79 Å².